The van der Waals surface area contributed by atoms with E-state index in [4.69, 9.17) is 4.52 Å². The van der Waals surface area contributed by atoms with Crippen molar-refractivity contribution < 1.29 is 17.7 Å². The van der Waals surface area contributed by atoms with E-state index in [0.29, 0.717) is 23.3 Å². The Morgan fingerprint density at radius 3 is 2.65 bits per heavy atom. The van der Waals surface area contributed by atoms with E-state index in [2.05, 4.69) is 10.5 Å². The van der Waals surface area contributed by atoms with Gasteiger partial charge in [0.05, 0.1) is 22.4 Å². The van der Waals surface area contributed by atoms with Crippen LogP contribution < -0.4 is 5.32 Å². The maximum Gasteiger partial charge on any atom is 0.251 e. The molecule has 26 heavy (non-hydrogen) atoms. The van der Waals surface area contributed by atoms with Gasteiger partial charge in [0.1, 0.15) is 5.52 Å². The summed E-state index contributed by atoms with van der Waals surface area (Å²) >= 11 is 0. The van der Waals surface area contributed by atoms with Crippen LogP contribution in [0, 0.1) is 0 Å². The summed E-state index contributed by atoms with van der Waals surface area (Å²) in [5.74, 6) is 0.375. The fraction of sp³-hybridized carbons (Fsp3) is 0.263. The highest BCUT2D eigenvalue weighted by Gasteiger charge is 2.39. The molecule has 1 aliphatic rings. The number of rotatable bonds is 3. The van der Waals surface area contributed by atoms with Gasteiger partial charge in [0, 0.05) is 11.1 Å². The van der Waals surface area contributed by atoms with Gasteiger partial charge in [-0.3, -0.25) is 4.79 Å². The van der Waals surface area contributed by atoms with Gasteiger partial charge in [0.15, 0.2) is 15.6 Å². The number of aromatic nitrogens is 1. The van der Waals surface area contributed by atoms with Gasteiger partial charge in [-0.05, 0) is 31.5 Å². The highest BCUT2D eigenvalue weighted by Crippen LogP contribution is 2.29. The number of sulfone groups is 1. The van der Waals surface area contributed by atoms with Crippen LogP contribution in [0.1, 0.15) is 23.7 Å². The lowest BCUT2D eigenvalue weighted by molar-refractivity contribution is 0.0915. The molecule has 0 spiro atoms. The number of amides is 1. The zero-order valence-corrected chi connectivity index (χ0v) is 15.0. The Bertz CT molecular complexity index is 1090. The second-order valence-electron chi connectivity index (χ2n) is 6.97. The molecule has 0 bridgehead atoms. The number of nitrogens with zero attached hydrogens (tertiary/aromatic N) is 1. The lowest BCUT2D eigenvalue weighted by atomic mass is 10.0. The third-order valence-corrected chi connectivity index (χ3v) is 6.60. The first-order valence-corrected chi connectivity index (χ1v) is 10.2. The van der Waals surface area contributed by atoms with Crippen molar-refractivity contribution in [2.24, 2.45) is 0 Å². The molecule has 1 saturated heterocycles. The van der Waals surface area contributed by atoms with Crippen molar-refractivity contribution in [2.45, 2.75) is 18.9 Å². The van der Waals surface area contributed by atoms with Crippen LogP contribution in [0.4, 0.5) is 0 Å². The van der Waals surface area contributed by atoms with Crippen LogP contribution in [0.2, 0.25) is 0 Å². The summed E-state index contributed by atoms with van der Waals surface area (Å²) < 4.78 is 28.9. The number of carbonyl (C=O) groups is 1. The summed E-state index contributed by atoms with van der Waals surface area (Å²) in [5.41, 5.74) is 1.25. The summed E-state index contributed by atoms with van der Waals surface area (Å²) in [5, 5.41) is 7.66. The van der Waals surface area contributed by atoms with E-state index in [1.54, 1.807) is 25.1 Å². The van der Waals surface area contributed by atoms with Crippen LogP contribution in [0.3, 0.4) is 0 Å². The maximum absolute atomic E-state index is 12.7. The Morgan fingerprint density at radius 1 is 1.19 bits per heavy atom. The van der Waals surface area contributed by atoms with Crippen LogP contribution >= 0.6 is 0 Å². The normalized spacial score (nSPS) is 21.7. The van der Waals surface area contributed by atoms with Gasteiger partial charge in [0.25, 0.3) is 5.91 Å². The second-order valence-corrected chi connectivity index (χ2v) is 9.15. The van der Waals surface area contributed by atoms with E-state index in [9.17, 15) is 13.2 Å². The smallest absolute Gasteiger partial charge is 0.251 e. The first-order chi connectivity index (χ1) is 12.4. The molecule has 1 atom stereocenters. The first-order valence-electron chi connectivity index (χ1n) is 8.33. The topological polar surface area (TPSA) is 89.3 Å². The molecule has 0 aliphatic carbocycles. The highest BCUT2D eigenvalue weighted by molar-refractivity contribution is 7.91. The Kier molecular flexibility index (Phi) is 3.84. The van der Waals surface area contributed by atoms with Crippen LogP contribution in [-0.4, -0.2) is 36.5 Å². The van der Waals surface area contributed by atoms with Gasteiger partial charge in [-0.15, -0.1) is 0 Å². The van der Waals surface area contributed by atoms with E-state index < -0.39 is 15.4 Å². The van der Waals surface area contributed by atoms with Crippen molar-refractivity contribution in [1.29, 1.82) is 0 Å². The quantitative estimate of drug-likeness (QED) is 0.766. The Labute approximate surface area is 151 Å². The maximum atomic E-state index is 12.7. The first kappa shape index (κ1) is 16.8. The summed E-state index contributed by atoms with van der Waals surface area (Å²) in [6.07, 6.45) is 0.422. The molecule has 1 unspecified atom stereocenters. The molecular formula is C19H18N2O4S. The molecule has 6 nitrogen and oxygen atoms in total. The van der Waals surface area contributed by atoms with Gasteiger partial charge in [-0.25, -0.2) is 8.42 Å². The molecule has 134 valence electrons. The molecule has 1 fully saturated rings. The number of nitrogens with one attached hydrogen (secondary N) is 1. The Morgan fingerprint density at radius 2 is 1.96 bits per heavy atom. The molecule has 1 amide bonds. The summed E-state index contributed by atoms with van der Waals surface area (Å²) in [7, 11) is -3.09. The fourth-order valence-corrected chi connectivity index (χ4v) is 5.43. The fourth-order valence-electron chi connectivity index (χ4n) is 3.34. The standard InChI is InChI=1S/C19H18N2O4S/c1-19(9-10-26(23,24)12-19)20-18(22)14-7-8-16-15(11-14)17(25-21-16)13-5-3-2-4-6-13/h2-8,11H,9-10,12H2,1H3,(H,20,22). The van der Waals surface area contributed by atoms with Crippen molar-refractivity contribution >= 4 is 26.6 Å². The molecule has 1 aromatic heterocycles. The minimum absolute atomic E-state index is 0.0312. The summed E-state index contributed by atoms with van der Waals surface area (Å²) in [6, 6.07) is 14.7. The predicted molar refractivity (Wildman–Crippen MR) is 98.6 cm³/mol. The number of carbonyl (C=O) groups excluding carboxylic acids is 1. The van der Waals surface area contributed by atoms with E-state index >= 15 is 0 Å². The van der Waals surface area contributed by atoms with Crippen LogP contribution in [0.15, 0.2) is 53.1 Å². The van der Waals surface area contributed by atoms with Gasteiger partial charge in [-0.1, -0.05) is 35.5 Å². The van der Waals surface area contributed by atoms with Crippen molar-refractivity contribution in [1.82, 2.24) is 10.5 Å². The van der Waals surface area contributed by atoms with Gasteiger partial charge >= 0.3 is 0 Å². The zero-order chi connectivity index (χ0) is 18.4. The lowest BCUT2D eigenvalue weighted by Crippen LogP contribution is -2.46. The second kappa shape index (κ2) is 5.95. The molecule has 2 aromatic carbocycles. The van der Waals surface area contributed by atoms with Crippen LogP contribution in [0.25, 0.3) is 22.2 Å². The number of hydrogen-bond donors (Lipinski definition) is 1. The minimum Gasteiger partial charge on any atom is -0.355 e. The third-order valence-electron chi connectivity index (χ3n) is 4.69. The molecule has 1 N–H and O–H groups in total. The van der Waals surface area contributed by atoms with E-state index in [1.165, 1.54) is 0 Å². The predicted octanol–water partition coefficient (Wildman–Crippen LogP) is 2.80. The van der Waals surface area contributed by atoms with Crippen molar-refractivity contribution in [3.8, 4) is 11.3 Å². The molecule has 0 radical (unpaired) electrons. The number of hydrogen-bond acceptors (Lipinski definition) is 5. The summed E-state index contributed by atoms with van der Waals surface area (Å²) in [6.45, 7) is 1.77. The van der Waals surface area contributed by atoms with Crippen molar-refractivity contribution in [3.63, 3.8) is 0 Å². The lowest BCUT2D eigenvalue weighted by Gasteiger charge is -2.23. The van der Waals surface area contributed by atoms with E-state index in [-0.39, 0.29) is 17.4 Å². The number of benzene rings is 2. The minimum atomic E-state index is -3.09. The van der Waals surface area contributed by atoms with Crippen LogP contribution in [-0.2, 0) is 9.84 Å². The van der Waals surface area contributed by atoms with Crippen molar-refractivity contribution in [2.75, 3.05) is 11.5 Å². The number of fused-ring (bicyclic) bond motifs is 1. The van der Waals surface area contributed by atoms with Crippen molar-refractivity contribution in [3.05, 3.63) is 54.1 Å². The van der Waals surface area contributed by atoms with Crippen LogP contribution in [0.5, 0.6) is 0 Å². The van der Waals surface area contributed by atoms with Gasteiger partial charge in [-0.2, -0.15) is 0 Å². The SMILES string of the molecule is CC1(NC(=O)c2ccc3noc(-c4ccccc4)c3c2)CCS(=O)(=O)C1. The monoisotopic (exact) mass is 370 g/mol. The molecule has 0 saturated carbocycles. The van der Waals surface area contributed by atoms with E-state index in [0.717, 1.165) is 10.9 Å². The summed E-state index contributed by atoms with van der Waals surface area (Å²) in [4.78, 5) is 12.7. The Hall–Kier alpha value is -2.67. The largest absolute Gasteiger partial charge is 0.355 e. The average molecular weight is 370 g/mol. The molecular weight excluding hydrogens is 352 g/mol. The molecule has 1 aliphatic heterocycles. The Balaban J connectivity index is 1.66. The van der Waals surface area contributed by atoms with Gasteiger partial charge < -0.3 is 9.84 Å². The van der Waals surface area contributed by atoms with E-state index in [1.807, 2.05) is 30.3 Å². The van der Waals surface area contributed by atoms with Gasteiger partial charge in [0.2, 0.25) is 0 Å². The molecule has 3 aromatic rings. The molecule has 4 rings (SSSR count). The third kappa shape index (κ3) is 3.10. The average Bonchev–Trinajstić information content (AvgIpc) is 3.15. The molecule has 7 heteroatoms. The highest BCUT2D eigenvalue weighted by atomic mass is 32.2. The zero-order valence-electron chi connectivity index (χ0n) is 14.2. The molecule has 2 heterocycles.